The maximum atomic E-state index is 15.6. The van der Waals surface area contributed by atoms with Gasteiger partial charge in [-0.3, -0.25) is 4.57 Å². The number of rotatable bonds is 3. The summed E-state index contributed by atoms with van der Waals surface area (Å²) < 4.78 is 23.5. The van der Waals surface area contributed by atoms with Crippen molar-refractivity contribution in [3.8, 4) is 5.69 Å². The van der Waals surface area contributed by atoms with Gasteiger partial charge in [-0.05, 0) is 62.8 Å². The first-order valence-corrected chi connectivity index (χ1v) is 9.13. The number of aromatic nitrogens is 3. The van der Waals surface area contributed by atoms with Gasteiger partial charge in [0.2, 0.25) is 0 Å². The van der Waals surface area contributed by atoms with Crippen LogP contribution in [0.5, 0.6) is 0 Å². The van der Waals surface area contributed by atoms with Gasteiger partial charge in [0.25, 0.3) is 0 Å². The van der Waals surface area contributed by atoms with Crippen molar-refractivity contribution >= 4 is 12.4 Å². The predicted octanol–water partition coefficient (Wildman–Crippen LogP) is 3.82. The molecule has 1 saturated carbocycles. The summed E-state index contributed by atoms with van der Waals surface area (Å²) in [6, 6.07) is 5.95. The highest BCUT2D eigenvalue weighted by Gasteiger charge is 2.38. The van der Waals surface area contributed by atoms with E-state index < -0.39 is 5.67 Å². The zero-order valence-corrected chi connectivity index (χ0v) is 16.1. The first-order chi connectivity index (χ1) is 12.0. The van der Waals surface area contributed by atoms with Crippen LogP contribution in [-0.4, -0.2) is 27.0 Å². The minimum absolute atomic E-state index is 0. The van der Waals surface area contributed by atoms with Gasteiger partial charge in [0.15, 0.2) is 5.82 Å². The van der Waals surface area contributed by atoms with Crippen LogP contribution in [0, 0.1) is 0 Å². The Labute approximate surface area is 159 Å². The van der Waals surface area contributed by atoms with Gasteiger partial charge in [-0.25, -0.2) is 4.39 Å². The highest BCUT2D eigenvalue weighted by molar-refractivity contribution is 5.85. The highest BCUT2D eigenvalue weighted by Crippen LogP contribution is 2.42. The SMILES string of the molecule is CC(C)OC1CCC(F)(c2ccc3c(c2)CNCc2nncn2-3)CC1.Cl. The van der Waals surface area contributed by atoms with Gasteiger partial charge in [-0.15, -0.1) is 22.6 Å². The second-order valence-electron chi connectivity index (χ2n) is 7.41. The minimum Gasteiger partial charge on any atom is -0.376 e. The van der Waals surface area contributed by atoms with E-state index in [0.717, 1.165) is 35.5 Å². The van der Waals surface area contributed by atoms with E-state index in [9.17, 15) is 0 Å². The number of hydrogen-bond donors (Lipinski definition) is 1. The summed E-state index contributed by atoms with van der Waals surface area (Å²) in [7, 11) is 0. The van der Waals surface area contributed by atoms with Crippen LogP contribution < -0.4 is 5.32 Å². The molecule has 2 heterocycles. The fourth-order valence-electron chi connectivity index (χ4n) is 3.99. The first kappa shape index (κ1) is 19.3. The number of halogens is 2. The van der Waals surface area contributed by atoms with Gasteiger partial charge in [0.1, 0.15) is 12.0 Å². The molecule has 2 aromatic rings. The first-order valence-electron chi connectivity index (χ1n) is 9.13. The average molecular weight is 381 g/mol. The minimum atomic E-state index is -1.26. The van der Waals surface area contributed by atoms with Crippen LogP contribution in [0.4, 0.5) is 4.39 Å². The molecule has 1 aliphatic heterocycles. The molecule has 7 heteroatoms. The molecule has 0 bridgehead atoms. The highest BCUT2D eigenvalue weighted by atomic mass is 35.5. The van der Waals surface area contributed by atoms with Gasteiger partial charge in [-0.2, -0.15) is 0 Å². The standard InChI is InChI=1S/C19H25FN4O.ClH/c1-13(2)25-16-5-7-19(20,8-6-16)15-3-4-17-14(9-15)10-21-11-18-23-22-12-24(17)18;/h3-4,9,12-13,16,21H,5-8,10-11H2,1-2H3;1H. The van der Waals surface area contributed by atoms with Gasteiger partial charge >= 0.3 is 0 Å². The number of alkyl halides is 1. The maximum Gasteiger partial charge on any atom is 0.151 e. The van der Waals surface area contributed by atoms with Crippen molar-refractivity contribution in [3.05, 3.63) is 41.5 Å². The lowest BCUT2D eigenvalue weighted by atomic mass is 9.79. The van der Waals surface area contributed by atoms with E-state index in [2.05, 4.69) is 15.5 Å². The van der Waals surface area contributed by atoms with E-state index in [1.54, 1.807) is 6.33 Å². The van der Waals surface area contributed by atoms with Gasteiger partial charge < -0.3 is 10.1 Å². The van der Waals surface area contributed by atoms with Crippen molar-refractivity contribution in [2.24, 2.45) is 0 Å². The Hall–Kier alpha value is -1.50. The third kappa shape index (κ3) is 3.63. The molecule has 5 nitrogen and oxygen atoms in total. The van der Waals surface area contributed by atoms with Gasteiger partial charge in [-0.1, -0.05) is 6.07 Å². The smallest absolute Gasteiger partial charge is 0.151 e. The van der Waals surface area contributed by atoms with Crippen LogP contribution >= 0.6 is 12.4 Å². The zero-order chi connectivity index (χ0) is 17.4. The van der Waals surface area contributed by atoms with Crippen molar-refractivity contribution < 1.29 is 9.13 Å². The second kappa shape index (κ2) is 7.62. The summed E-state index contributed by atoms with van der Waals surface area (Å²) in [6.07, 6.45) is 4.71. The van der Waals surface area contributed by atoms with E-state index in [4.69, 9.17) is 4.74 Å². The van der Waals surface area contributed by atoms with E-state index in [1.807, 2.05) is 36.6 Å². The molecular formula is C19H26ClFN4O. The molecule has 1 aliphatic carbocycles. The van der Waals surface area contributed by atoms with Crippen molar-refractivity contribution in [2.75, 3.05) is 0 Å². The summed E-state index contributed by atoms with van der Waals surface area (Å²) in [5.74, 6) is 0.882. The molecule has 0 amide bonds. The summed E-state index contributed by atoms with van der Waals surface area (Å²) in [5.41, 5.74) is 1.66. The summed E-state index contributed by atoms with van der Waals surface area (Å²) in [5, 5.41) is 11.5. The molecular weight excluding hydrogens is 355 g/mol. The predicted molar refractivity (Wildman–Crippen MR) is 100 cm³/mol. The molecule has 1 N–H and O–H groups in total. The monoisotopic (exact) mass is 380 g/mol. The molecule has 1 aromatic carbocycles. The molecule has 0 saturated heterocycles. The van der Waals surface area contributed by atoms with Crippen molar-refractivity contribution in [1.29, 1.82) is 0 Å². The fraction of sp³-hybridized carbons (Fsp3) is 0.579. The normalized spacial score (nSPS) is 25.2. The van der Waals surface area contributed by atoms with Crippen LogP contribution in [0.25, 0.3) is 5.69 Å². The number of ether oxygens (including phenoxy) is 1. The van der Waals surface area contributed by atoms with E-state index in [-0.39, 0.29) is 24.6 Å². The van der Waals surface area contributed by atoms with E-state index >= 15 is 4.39 Å². The number of nitrogens with zero attached hydrogens (tertiary/aromatic N) is 3. The Balaban J connectivity index is 0.00000196. The summed E-state index contributed by atoms with van der Waals surface area (Å²) in [4.78, 5) is 0. The second-order valence-corrected chi connectivity index (χ2v) is 7.41. The lowest BCUT2D eigenvalue weighted by Crippen LogP contribution is -2.32. The van der Waals surface area contributed by atoms with Crippen LogP contribution in [0.15, 0.2) is 24.5 Å². The molecule has 142 valence electrons. The lowest BCUT2D eigenvalue weighted by Gasteiger charge is -2.35. The Morgan fingerprint density at radius 1 is 1.27 bits per heavy atom. The largest absolute Gasteiger partial charge is 0.376 e. The van der Waals surface area contributed by atoms with E-state index in [1.165, 1.54) is 0 Å². The molecule has 0 spiro atoms. The quantitative estimate of drug-likeness (QED) is 0.879. The van der Waals surface area contributed by atoms with Crippen molar-refractivity contribution in [1.82, 2.24) is 20.1 Å². The lowest BCUT2D eigenvalue weighted by molar-refractivity contribution is -0.0450. The molecule has 26 heavy (non-hydrogen) atoms. The van der Waals surface area contributed by atoms with Crippen molar-refractivity contribution in [3.63, 3.8) is 0 Å². The van der Waals surface area contributed by atoms with Gasteiger partial charge in [0.05, 0.1) is 24.4 Å². The number of hydrogen-bond acceptors (Lipinski definition) is 4. The molecule has 0 unspecified atom stereocenters. The summed E-state index contributed by atoms with van der Waals surface area (Å²) in [6.45, 7) is 5.45. The molecule has 2 aliphatic rings. The topological polar surface area (TPSA) is 52.0 Å². The molecule has 4 rings (SSSR count). The number of benzene rings is 1. The molecule has 0 atom stereocenters. The van der Waals surface area contributed by atoms with Crippen LogP contribution in [0.3, 0.4) is 0 Å². The molecule has 1 aromatic heterocycles. The Morgan fingerprint density at radius 2 is 2.04 bits per heavy atom. The Bertz CT molecular complexity index is 756. The third-order valence-electron chi connectivity index (χ3n) is 5.26. The maximum absolute atomic E-state index is 15.6. The molecule has 0 radical (unpaired) electrons. The van der Waals surface area contributed by atoms with Crippen LogP contribution in [0.1, 0.15) is 56.5 Å². The zero-order valence-electron chi connectivity index (χ0n) is 15.2. The number of fused-ring (bicyclic) bond motifs is 3. The Morgan fingerprint density at radius 3 is 2.77 bits per heavy atom. The van der Waals surface area contributed by atoms with Crippen LogP contribution in [0.2, 0.25) is 0 Å². The van der Waals surface area contributed by atoms with E-state index in [0.29, 0.717) is 25.9 Å². The van der Waals surface area contributed by atoms with Crippen molar-refractivity contribution in [2.45, 2.75) is 70.5 Å². The van der Waals surface area contributed by atoms with Crippen LogP contribution in [-0.2, 0) is 23.5 Å². The number of nitrogens with one attached hydrogen (secondary N) is 1. The third-order valence-corrected chi connectivity index (χ3v) is 5.26. The summed E-state index contributed by atoms with van der Waals surface area (Å²) >= 11 is 0. The van der Waals surface area contributed by atoms with Gasteiger partial charge in [0, 0.05) is 6.54 Å². The average Bonchev–Trinajstić information content (AvgIpc) is 2.98. The Kier molecular flexibility index (Phi) is 5.65. The fourth-order valence-corrected chi connectivity index (χ4v) is 3.99. The molecule has 1 fully saturated rings.